The van der Waals surface area contributed by atoms with Crippen LogP contribution in [0.15, 0.2) is 91.0 Å². The molecule has 0 radical (unpaired) electrons. The second-order valence-electron chi connectivity index (χ2n) is 10.4. The van der Waals surface area contributed by atoms with Gasteiger partial charge in [-0.05, 0) is 67.3 Å². The van der Waals surface area contributed by atoms with Gasteiger partial charge in [0.25, 0.3) is 0 Å². The summed E-state index contributed by atoms with van der Waals surface area (Å²) >= 11 is 0. The molecular weight excluding hydrogens is 456 g/mol. The second kappa shape index (κ2) is 14.4. The second-order valence-corrected chi connectivity index (χ2v) is 10.4. The molecule has 198 valence electrons. The van der Waals surface area contributed by atoms with Crippen molar-refractivity contribution in [2.45, 2.75) is 31.2 Å². The molecule has 5 rings (SSSR count). The topological polar surface area (TPSA) is 33.7 Å². The highest BCUT2D eigenvalue weighted by Gasteiger charge is 2.43. The van der Waals surface area contributed by atoms with E-state index in [1.807, 2.05) is 7.11 Å². The summed E-state index contributed by atoms with van der Waals surface area (Å²) in [4.78, 5) is 2.68. The summed E-state index contributed by atoms with van der Waals surface area (Å²) in [6, 6.07) is 32.9. The van der Waals surface area contributed by atoms with Gasteiger partial charge in [-0.3, -0.25) is 4.90 Å². The van der Waals surface area contributed by atoms with Crippen LogP contribution in [-0.2, 0) is 15.0 Å². The van der Waals surface area contributed by atoms with E-state index in [0.717, 1.165) is 38.8 Å². The van der Waals surface area contributed by atoms with Crippen LogP contribution in [0.1, 0.15) is 42.4 Å². The van der Waals surface area contributed by atoms with Crippen LogP contribution < -0.4 is 5.32 Å². The van der Waals surface area contributed by atoms with Gasteiger partial charge in [-0.25, -0.2) is 0 Å². The monoisotopic (exact) mass is 500 g/mol. The fourth-order valence-electron chi connectivity index (χ4n) is 6.13. The third-order valence-electron chi connectivity index (χ3n) is 7.77. The zero-order valence-electron chi connectivity index (χ0n) is 22.6. The summed E-state index contributed by atoms with van der Waals surface area (Å²) in [6.07, 6.45) is 5.08. The van der Waals surface area contributed by atoms with Gasteiger partial charge in [0.2, 0.25) is 0 Å². The molecule has 0 aromatic heterocycles. The van der Waals surface area contributed by atoms with Gasteiger partial charge >= 0.3 is 0 Å². The number of ether oxygens (including phenoxy) is 2. The number of piperidine rings is 2. The van der Waals surface area contributed by atoms with Gasteiger partial charge in [-0.15, -0.1) is 0 Å². The van der Waals surface area contributed by atoms with E-state index in [0.29, 0.717) is 5.92 Å². The summed E-state index contributed by atoms with van der Waals surface area (Å²) in [5, 5.41) is 3.34. The van der Waals surface area contributed by atoms with Crippen molar-refractivity contribution < 1.29 is 9.47 Å². The van der Waals surface area contributed by atoms with E-state index in [4.69, 9.17) is 9.47 Å². The molecule has 2 atom stereocenters. The molecule has 3 aromatic rings. The van der Waals surface area contributed by atoms with Crippen LogP contribution in [0.4, 0.5) is 0 Å². The Morgan fingerprint density at radius 1 is 0.703 bits per heavy atom. The van der Waals surface area contributed by atoms with Crippen LogP contribution in [0.3, 0.4) is 0 Å². The summed E-state index contributed by atoms with van der Waals surface area (Å²) in [7, 11) is 3.59. The van der Waals surface area contributed by atoms with Crippen LogP contribution in [0.5, 0.6) is 0 Å². The van der Waals surface area contributed by atoms with E-state index in [2.05, 4.69) is 101 Å². The minimum absolute atomic E-state index is 0.295. The molecule has 0 saturated carbocycles. The molecule has 2 fully saturated rings. The summed E-state index contributed by atoms with van der Waals surface area (Å²) < 4.78 is 10.6. The van der Waals surface area contributed by atoms with Crippen molar-refractivity contribution in [3.63, 3.8) is 0 Å². The van der Waals surface area contributed by atoms with Crippen LogP contribution in [-0.4, -0.2) is 58.5 Å². The van der Waals surface area contributed by atoms with Crippen molar-refractivity contribution in [2.24, 2.45) is 11.8 Å². The Bertz CT molecular complexity index is 905. The molecule has 2 aliphatic heterocycles. The lowest BCUT2D eigenvalue weighted by atomic mass is 9.74. The number of benzene rings is 3. The van der Waals surface area contributed by atoms with Crippen molar-refractivity contribution >= 4 is 0 Å². The molecule has 4 heteroatoms. The largest absolute Gasteiger partial charge is 0.384 e. The van der Waals surface area contributed by atoms with E-state index in [9.17, 15) is 0 Å². The third-order valence-corrected chi connectivity index (χ3v) is 7.77. The lowest BCUT2D eigenvalue weighted by molar-refractivity contribution is 0.0514. The van der Waals surface area contributed by atoms with Gasteiger partial charge in [0.05, 0.1) is 18.8 Å². The first-order valence-corrected chi connectivity index (χ1v) is 13.9. The first-order valence-electron chi connectivity index (χ1n) is 13.9. The maximum Gasteiger partial charge on any atom is 0.0973 e. The molecule has 2 aliphatic rings. The highest BCUT2D eigenvalue weighted by molar-refractivity contribution is 5.49. The smallest absolute Gasteiger partial charge is 0.0973 e. The van der Waals surface area contributed by atoms with Gasteiger partial charge in [0.15, 0.2) is 0 Å². The first kappa shape index (κ1) is 27.5. The van der Waals surface area contributed by atoms with Crippen molar-refractivity contribution in [1.29, 1.82) is 0 Å². The number of nitrogens with zero attached hydrogens (tertiary/aromatic N) is 1. The van der Waals surface area contributed by atoms with Crippen LogP contribution in [0, 0.1) is 11.8 Å². The first-order chi connectivity index (χ1) is 18.3. The normalized spacial score (nSPS) is 20.6. The summed E-state index contributed by atoms with van der Waals surface area (Å²) in [6.45, 7) is 6.21. The van der Waals surface area contributed by atoms with E-state index in [1.54, 1.807) is 7.11 Å². The standard InChI is InChI=1S/C26H29NO.C7H15NO/c1-28-21-22-12-11-19-27(20-22)26(23-13-5-2-6-14-23,24-15-7-3-8-16-24)25-17-9-4-10-18-25;1-9-6-7-3-2-4-8-5-7/h2-10,13-18,22H,11-12,19-21H2,1H3;7-8H,2-6H2,1H3. The minimum Gasteiger partial charge on any atom is -0.384 e. The van der Waals surface area contributed by atoms with Crippen LogP contribution in [0.2, 0.25) is 0 Å². The molecule has 0 spiro atoms. The fraction of sp³-hybridized carbons (Fsp3) is 0.455. The molecule has 0 aliphatic carbocycles. The maximum atomic E-state index is 5.53. The number of methoxy groups -OCH3 is 2. The van der Waals surface area contributed by atoms with E-state index < -0.39 is 0 Å². The molecule has 3 aromatic carbocycles. The van der Waals surface area contributed by atoms with Crippen molar-refractivity contribution in [3.8, 4) is 0 Å². The molecule has 1 N–H and O–H groups in total. The Balaban J connectivity index is 0.000000301. The van der Waals surface area contributed by atoms with Crippen molar-refractivity contribution in [1.82, 2.24) is 10.2 Å². The molecule has 4 nitrogen and oxygen atoms in total. The van der Waals surface area contributed by atoms with Crippen LogP contribution in [0.25, 0.3) is 0 Å². The number of hydrogen-bond acceptors (Lipinski definition) is 4. The Morgan fingerprint density at radius 3 is 1.65 bits per heavy atom. The number of rotatable bonds is 8. The van der Waals surface area contributed by atoms with E-state index in [-0.39, 0.29) is 5.54 Å². The number of hydrogen-bond donors (Lipinski definition) is 1. The van der Waals surface area contributed by atoms with Crippen LogP contribution >= 0.6 is 0 Å². The molecule has 2 heterocycles. The zero-order valence-corrected chi connectivity index (χ0v) is 22.6. The van der Waals surface area contributed by atoms with Gasteiger partial charge in [-0.1, -0.05) is 91.0 Å². The average molecular weight is 501 g/mol. The SMILES string of the molecule is COCC1CCCN(C(c2ccccc2)(c2ccccc2)c2ccccc2)C1.COCC1CCCNC1. The van der Waals surface area contributed by atoms with Gasteiger partial charge < -0.3 is 14.8 Å². The Kier molecular flexibility index (Phi) is 10.7. The molecule has 0 amide bonds. The molecule has 2 unspecified atom stereocenters. The fourth-order valence-corrected chi connectivity index (χ4v) is 6.13. The Hall–Kier alpha value is -2.50. The highest BCUT2D eigenvalue weighted by atomic mass is 16.5. The number of likely N-dealkylation sites (tertiary alicyclic amines) is 1. The maximum absolute atomic E-state index is 5.53. The predicted molar refractivity (Wildman–Crippen MR) is 153 cm³/mol. The molecule has 37 heavy (non-hydrogen) atoms. The van der Waals surface area contributed by atoms with Gasteiger partial charge in [0.1, 0.15) is 0 Å². The Labute approximate surface area is 224 Å². The summed E-state index contributed by atoms with van der Waals surface area (Å²) in [5.74, 6) is 1.33. The van der Waals surface area contributed by atoms with Gasteiger partial charge in [-0.2, -0.15) is 0 Å². The van der Waals surface area contributed by atoms with E-state index >= 15 is 0 Å². The van der Waals surface area contributed by atoms with E-state index in [1.165, 1.54) is 48.9 Å². The third kappa shape index (κ3) is 6.88. The Morgan fingerprint density at radius 2 is 1.19 bits per heavy atom. The highest BCUT2D eigenvalue weighted by Crippen LogP contribution is 2.44. The summed E-state index contributed by atoms with van der Waals surface area (Å²) in [5.41, 5.74) is 3.68. The minimum atomic E-state index is -0.295. The van der Waals surface area contributed by atoms with Crippen molar-refractivity contribution in [3.05, 3.63) is 108 Å². The predicted octanol–water partition coefficient (Wildman–Crippen LogP) is 5.97. The molecule has 0 bridgehead atoms. The number of nitrogens with one attached hydrogen (secondary N) is 1. The lowest BCUT2D eigenvalue weighted by Gasteiger charge is -2.49. The lowest BCUT2D eigenvalue weighted by Crippen LogP contribution is -2.52. The van der Waals surface area contributed by atoms with Crippen molar-refractivity contribution in [2.75, 3.05) is 53.6 Å². The average Bonchev–Trinajstić information content (AvgIpc) is 2.97. The zero-order chi connectivity index (χ0) is 25.8. The molecule has 2 saturated heterocycles. The quantitative estimate of drug-likeness (QED) is 0.387. The van der Waals surface area contributed by atoms with Gasteiger partial charge in [0, 0.05) is 27.3 Å². The molecular formula is C33H44N2O2.